The zero-order valence-electron chi connectivity index (χ0n) is 22.6. The molecule has 1 amide bonds. The van der Waals surface area contributed by atoms with E-state index in [4.69, 9.17) is 9.47 Å². The lowest BCUT2D eigenvalue weighted by Gasteiger charge is -2.30. The van der Waals surface area contributed by atoms with Crippen LogP contribution in [0.3, 0.4) is 0 Å². The fourth-order valence-electron chi connectivity index (χ4n) is 6.22. The quantitative estimate of drug-likeness (QED) is 0.296. The molecule has 1 saturated carbocycles. The maximum atomic E-state index is 15.3. The summed E-state index contributed by atoms with van der Waals surface area (Å²) in [5.74, 6) is -0.134. The predicted molar refractivity (Wildman–Crippen MR) is 158 cm³/mol. The number of ether oxygens (including phenoxy) is 2. The Balaban J connectivity index is 1.09. The minimum Gasteiger partial charge on any atom is -0.399 e. The van der Waals surface area contributed by atoms with Gasteiger partial charge in [-0.05, 0) is 65.6 Å². The molecule has 4 heterocycles. The van der Waals surface area contributed by atoms with E-state index in [-0.39, 0.29) is 22.6 Å². The lowest BCUT2D eigenvalue weighted by atomic mass is 10.2. The third kappa shape index (κ3) is 5.02. The van der Waals surface area contributed by atoms with Crippen molar-refractivity contribution in [2.24, 2.45) is 17.8 Å². The van der Waals surface area contributed by atoms with Crippen molar-refractivity contribution in [3.8, 4) is 5.06 Å². The second kappa shape index (κ2) is 10.9. The molecule has 2 aromatic carbocycles. The zero-order valence-corrected chi connectivity index (χ0v) is 24.3. The summed E-state index contributed by atoms with van der Waals surface area (Å²) < 4.78 is 55.1. The first kappa shape index (κ1) is 27.3. The summed E-state index contributed by atoms with van der Waals surface area (Å²) in [6.07, 6.45) is 2.67. The number of amides is 1. The van der Waals surface area contributed by atoms with E-state index in [0.717, 1.165) is 5.39 Å². The van der Waals surface area contributed by atoms with Crippen LogP contribution >= 0.6 is 11.3 Å². The Morgan fingerprint density at radius 2 is 1.90 bits per heavy atom. The summed E-state index contributed by atoms with van der Waals surface area (Å²) in [6.45, 7) is 3.32. The van der Waals surface area contributed by atoms with Crippen molar-refractivity contribution in [2.75, 3.05) is 55.7 Å². The number of morpholine rings is 1. The molecule has 2 aliphatic heterocycles. The Labute approximate surface area is 247 Å². The number of piperidine rings is 1. The molecule has 3 fully saturated rings. The van der Waals surface area contributed by atoms with Crippen molar-refractivity contribution < 1.29 is 27.1 Å². The largest absolute Gasteiger partial charge is 0.420 e. The Kier molecular flexibility index (Phi) is 7.09. The molecular formula is C30H29FN4O5S2. The highest BCUT2D eigenvalue weighted by Gasteiger charge is 2.58. The van der Waals surface area contributed by atoms with Gasteiger partial charge in [0.1, 0.15) is 5.82 Å². The van der Waals surface area contributed by atoms with Gasteiger partial charge in [0, 0.05) is 55.9 Å². The van der Waals surface area contributed by atoms with Crippen molar-refractivity contribution in [3.63, 3.8) is 0 Å². The first-order valence-corrected chi connectivity index (χ1v) is 16.2. The number of sulfonamides is 1. The number of fused-ring (bicyclic) bond motifs is 2. The SMILES string of the molecule is O=C(Oc1cccs1)N(CC1C2CN(S(=O)(=O)c3cccc4cnccc34)CC12)c1ccc(N2CCOCC2)c(F)c1. The van der Waals surface area contributed by atoms with Crippen LogP contribution in [0, 0.1) is 23.6 Å². The van der Waals surface area contributed by atoms with Crippen LogP contribution in [0.2, 0.25) is 0 Å². The highest BCUT2D eigenvalue weighted by molar-refractivity contribution is 7.89. The van der Waals surface area contributed by atoms with Gasteiger partial charge >= 0.3 is 6.09 Å². The maximum Gasteiger partial charge on any atom is 0.420 e. The number of thiophene rings is 1. The number of carbonyl (C=O) groups is 1. The lowest BCUT2D eigenvalue weighted by molar-refractivity contribution is 0.122. The third-order valence-corrected chi connectivity index (χ3v) is 11.1. The monoisotopic (exact) mass is 608 g/mol. The van der Waals surface area contributed by atoms with Crippen molar-refractivity contribution in [3.05, 3.63) is 78.2 Å². The first-order chi connectivity index (χ1) is 20.4. The van der Waals surface area contributed by atoms with Crippen LogP contribution in [0.15, 0.2) is 77.3 Å². The van der Waals surface area contributed by atoms with Crippen molar-refractivity contribution in [1.29, 1.82) is 0 Å². The normalized spacial score (nSPS) is 22.2. The number of aromatic nitrogens is 1. The summed E-state index contributed by atoms with van der Waals surface area (Å²) in [4.78, 5) is 21.2. The van der Waals surface area contributed by atoms with Gasteiger partial charge in [-0.1, -0.05) is 12.1 Å². The van der Waals surface area contributed by atoms with E-state index in [1.807, 2.05) is 16.3 Å². The van der Waals surface area contributed by atoms with E-state index >= 15 is 4.39 Å². The first-order valence-electron chi connectivity index (χ1n) is 13.9. The molecule has 2 aromatic heterocycles. The summed E-state index contributed by atoms with van der Waals surface area (Å²) >= 11 is 1.30. The smallest absolute Gasteiger partial charge is 0.399 e. The minimum atomic E-state index is -3.71. The van der Waals surface area contributed by atoms with E-state index < -0.39 is 21.9 Å². The van der Waals surface area contributed by atoms with Gasteiger partial charge in [-0.3, -0.25) is 9.88 Å². The molecule has 2 saturated heterocycles. The van der Waals surface area contributed by atoms with E-state index in [2.05, 4.69) is 4.98 Å². The molecule has 7 rings (SSSR count). The molecule has 12 heteroatoms. The van der Waals surface area contributed by atoms with Crippen LogP contribution in [0.4, 0.5) is 20.6 Å². The molecule has 9 nitrogen and oxygen atoms in total. The number of hydrogen-bond acceptors (Lipinski definition) is 8. The topological polar surface area (TPSA) is 92.3 Å². The van der Waals surface area contributed by atoms with Gasteiger partial charge in [-0.25, -0.2) is 17.6 Å². The minimum absolute atomic E-state index is 0.0750. The number of hydrogen-bond donors (Lipinski definition) is 0. The van der Waals surface area contributed by atoms with Crippen LogP contribution in [0.25, 0.3) is 10.8 Å². The predicted octanol–water partition coefficient (Wildman–Crippen LogP) is 4.84. The Hall–Kier alpha value is -3.58. The van der Waals surface area contributed by atoms with Crippen LogP contribution < -0.4 is 14.5 Å². The fourth-order valence-corrected chi connectivity index (χ4v) is 8.52. The number of pyridine rings is 1. The van der Waals surface area contributed by atoms with Gasteiger partial charge < -0.3 is 14.4 Å². The van der Waals surface area contributed by atoms with Crippen LogP contribution in [0.1, 0.15) is 0 Å². The molecule has 2 unspecified atom stereocenters. The standard InChI is InChI=1S/C30H29FN4O5S2/c31-26-15-21(6-7-27(26)33-10-12-39-13-11-33)35(30(36)40-29-5-2-14-41-29)19-25-23-17-34(18-24(23)25)42(37,38)28-4-1-3-20-16-32-9-8-22(20)28/h1-9,14-16,23-25H,10-13,17-19H2. The Morgan fingerprint density at radius 1 is 1.10 bits per heavy atom. The number of anilines is 2. The molecule has 0 bridgehead atoms. The second-order valence-corrected chi connectivity index (χ2v) is 13.6. The Bertz CT molecular complexity index is 1710. The van der Waals surface area contributed by atoms with Crippen molar-refractivity contribution in [1.82, 2.24) is 9.29 Å². The van der Waals surface area contributed by atoms with Gasteiger partial charge in [-0.2, -0.15) is 4.31 Å². The fraction of sp³-hybridized carbons (Fsp3) is 0.333. The number of benzene rings is 2. The molecule has 0 spiro atoms. The summed E-state index contributed by atoms with van der Waals surface area (Å²) in [6, 6.07) is 15.3. The summed E-state index contributed by atoms with van der Waals surface area (Å²) in [7, 11) is -3.71. The molecular weight excluding hydrogens is 579 g/mol. The van der Waals surface area contributed by atoms with Gasteiger partial charge in [-0.15, -0.1) is 11.3 Å². The molecule has 218 valence electrons. The molecule has 0 radical (unpaired) electrons. The molecule has 2 atom stereocenters. The van der Waals surface area contributed by atoms with Crippen molar-refractivity contribution >= 4 is 49.6 Å². The average Bonchev–Trinajstić information content (AvgIpc) is 3.34. The summed E-state index contributed by atoms with van der Waals surface area (Å²) in [5, 5.41) is 3.69. The summed E-state index contributed by atoms with van der Waals surface area (Å²) in [5.41, 5.74) is 0.881. The van der Waals surface area contributed by atoms with E-state index in [1.165, 1.54) is 22.3 Å². The number of rotatable bonds is 7. The average molecular weight is 609 g/mol. The van der Waals surface area contributed by atoms with Crippen LogP contribution in [-0.2, 0) is 14.8 Å². The van der Waals surface area contributed by atoms with Gasteiger partial charge in [0.25, 0.3) is 0 Å². The van der Waals surface area contributed by atoms with Crippen LogP contribution in [-0.4, -0.2) is 69.7 Å². The number of nitrogens with zero attached hydrogens (tertiary/aromatic N) is 4. The van der Waals surface area contributed by atoms with Gasteiger partial charge in [0.05, 0.1) is 29.5 Å². The van der Waals surface area contributed by atoms with E-state index in [9.17, 15) is 13.2 Å². The van der Waals surface area contributed by atoms with Gasteiger partial charge in [0.15, 0.2) is 5.06 Å². The molecule has 1 aliphatic carbocycles. The highest BCUT2D eigenvalue weighted by atomic mass is 32.2. The van der Waals surface area contributed by atoms with E-state index in [1.54, 1.807) is 59.2 Å². The molecule has 4 aromatic rings. The van der Waals surface area contributed by atoms with E-state index in [0.29, 0.717) is 67.8 Å². The number of carbonyl (C=O) groups excluding carboxylic acids is 1. The zero-order chi connectivity index (χ0) is 28.8. The molecule has 3 aliphatic rings. The third-order valence-electron chi connectivity index (χ3n) is 8.49. The van der Waals surface area contributed by atoms with Gasteiger partial charge in [0.2, 0.25) is 10.0 Å². The highest BCUT2D eigenvalue weighted by Crippen LogP contribution is 2.53. The number of halogens is 1. The Morgan fingerprint density at radius 3 is 2.64 bits per heavy atom. The van der Waals surface area contributed by atoms with Crippen LogP contribution in [0.5, 0.6) is 5.06 Å². The van der Waals surface area contributed by atoms with Crippen molar-refractivity contribution in [2.45, 2.75) is 4.90 Å². The second-order valence-electron chi connectivity index (χ2n) is 10.8. The lowest BCUT2D eigenvalue weighted by Crippen LogP contribution is -2.39. The molecule has 42 heavy (non-hydrogen) atoms. The maximum absolute atomic E-state index is 15.3. The molecule has 0 N–H and O–H groups in total.